The number of carbonyl (C=O) groups is 2. The largest absolute Gasteiger partial charge is 0.480 e. The lowest BCUT2D eigenvalue weighted by atomic mass is 10.1. The van der Waals surface area contributed by atoms with Crippen LogP contribution in [0.1, 0.15) is 12.6 Å². The van der Waals surface area contributed by atoms with Crippen LogP contribution in [0, 0.1) is 0 Å². The van der Waals surface area contributed by atoms with Gasteiger partial charge >= 0.3 is 18.1 Å². The number of ether oxygens (including phenoxy) is 1. The van der Waals surface area contributed by atoms with E-state index in [1.165, 1.54) is 16.2 Å². The molecule has 0 unspecified atom stereocenters. The SMILES string of the molecule is Nc1ncnc2c1ccn2[C@@H]1O[C@H](CSCC[C@H](NC(=O)C(F)(F)F)C(=O)O)[C@@H](O)[C@H]1O. The molecule has 2 aromatic rings. The van der Waals surface area contributed by atoms with Gasteiger partial charge in [0.25, 0.3) is 0 Å². The van der Waals surface area contributed by atoms with Crippen LogP contribution in [0.5, 0.6) is 0 Å². The summed E-state index contributed by atoms with van der Waals surface area (Å²) in [6, 6.07) is -0.0861. The van der Waals surface area contributed by atoms with Crippen LogP contribution in [-0.4, -0.2) is 83.8 Å². The maximum absolute atomic E-state index is 12.3. The lowest BCUT2D eigenvalue weighted by Crippen LogP contribution is -2.47. The molecule has 0 radical (unpaired) electrons. The highest BCUT2D eigenvalue weighted by Crippen LogP contribution is 2.34. The number of halogens is 3. The number of carbonyl (C=O) groups excluding carboxylic acids is 1. The zero-order valence-corrected chi connectivity index (χ0v) is 17.1. The van der Waals surface area contributed by atoms with E-state index in [0.29, 0.717) is 11.0 Å². The Morgan fingerprint density at radius 2 is 2.03 bits per heavy atom. The van der Waals surface area contributed by atoms with Crippen molar-refractivity contribution in [2.45, 2.75) is 43.2 Å². The third-order valence-electron chi connectivity index (χ3n) is 4.85. The van der Waals surface area contributed by atoms with Gasteiger partial charge in [-0.25, -0.2) is 14.8 Å². The lowest BCUT2D eigenvalue weighted by Gasteiger charge is -2.17. The van der Waals surface area contributed by atoms with E-state index in [4.69, 9.17) is 15.6 Å². The molecule has 2 aromatic heterocycles. The molecule has 32 heavy (non-hydrogen) atoms. The number of carboxylic acids is 1. The first-order valence-corrected chi connectivity index (χ1v) is 10.4. The van der Waals surface area contributed by atoms with Crippen molar-refractivity contribution in [3.63, 3.8) is 0 Å². The molecule has 11 nitrogen and oxygen atoms in total. The summed E-state index contributed by atoms with van der Waals surface area (Å²) in [5, 5.41) is 31.7. The van der Waals surface area contributed by atoms with E-state index >= 15 is 0 Å². The molecule has 0 saturated carbocycles. The molecule has 0 aliphatic carbocycles. The van der Waals surface area contributed by atoms with Crippen LogP contribution < -0.4 is 11.1 Å². The Balaban J connectivity index is 1.56. The van der Waals surface area contributed by atoms with Gasteiger partial charge in [0.2, 0.25) is 0 Å². The molecule has 6 N–H and O–H groups in total. The summed E-state index contributed by atoms with van der Waals surface area (Å²) < 4.78 is 44.2. The van der Waals surface area contributed by atoms with E-state index in [1.807, 2.05) is 0 Å². The number of nitrogens with zero attached hydrogens (tertiary/aromatic N) is 3. The number of aliphatic hydroxyl groups is 2. The van der Waals surface area contributed by atoms with E-state index in [1.54, 1.807) is 12.3 Å². The highest BCUT2D eigenvalue weighted by atomic mass is 32.2. The van der Waals surface area contributed by atoms with Crippen molar-refractivity contribution in [1.82, 2.24) is 19.9 Å². The quantitative estimate of drug-likeness (QED) is 0.322. The molecule has 1 aliphatic heterocycles. The Morgan fingerprint density at radius 3 is 2.69 bits per heavy atom. The Kier molecular flexibility index (Phi) is 7.12. The number of thioether (sulfide) groups is 1. The molecule has 15 heteroatoms. The number of nitrogens with one attached hydrogen (secondary N) is 1. The molecule has 1 aliphatic rings. The van der Waals surface area contributed by atoms with Crippen LogP contribution in [0.25, 0.3) is 11.0 Å². The number of hydrogen-bond donors (Lipinski definition) is 5. The Labute approximate surface area is 182 Å². The summed E-state index contributed by atoms with van der Waals surface area (Å²) >= 11 is 1.10. The van der Waals surface area contributed by atoms with Crippen molar-refractivity contribution in [2.75, 3.05) is 17.2 Å². The van der Waals surface area contributed by atoms with Gasteiger partial charge < -0.3 is 35.7 Å². The summed E-state index contributed by atoms with van der Waals surface area (Å²) in [6.07, 6.45) is -7.04. The van der Waals surface area contributed by atoms with Gasteiger partial charge in [-0.15, -0.1) is 0 Å². The molecule has 5 atom stereocenters. The van der Waals surface area contributed by atoms with Crippen molar-refractivity contribution in [2.24, 2.45) is 0 Å². The molecule has 0 aromatic carbocycles. The Bertz CT molecular complexity index is 989. The number of aromatic nitrogens is 3. The zero-order valence-electron chi connectivity index (χ0n) is 16.3. The molecule has 1 saturated heterocycles. The molecule has 3 heterocycles. The second-order valence-corrected chi connectivity index (χ2v) is 8.14. The molecular weight excluding hydrogens is 459 g/mol. The van der Waals surface area contributed by atoms with Gasteiger partial charge in [0.05, 0.1) is 11.5 Å². The topological polar surface area (TPSA) is 173 Å². The average molecular weight is 479 g/mol. The number of nitrogen functional groups attached to an aromatic ring is 1. The van der Waals surface area contributed by atoms with E-state index in [2.05, 4.69) is 9.97 Å². The van der Waals surface area contributed by atoms with Gasteiger partial charge in [0.1, 0.15) is 36.0 Å². The van der Waals surface area contributed by atoms with Gasteiger partial charge in [0.15, 0.2) is 6.23 Å². The van der Waals surface area contributed by atoms with Crippen molar-refractivity contribution in [3.8, 4) is 0 Å². The molecule has 1 fully saturated rings. The third-order valence-corrected chi connectivity index (χ3v) is 5.93. The van der Waals surface area contributed by atoms with Gasteiger partial charge in [-0.1, -0.05) is 0 Å². The maximum Gasteiger partial charge on any atom is 0.471 e. The maximum atomic E-state index is 12.3. The number of carboxylic acid groups (broad SMARTS) is 1. The van der Waals surface area contributed by atoms with Crippen molar-refractivity contribution in [1.29, 1.82) is 0 Å². The van der Waals surface area contributed by atoms with E-state index in [-0.39, 0.29) is 23.7 Å². The van der Waals surface area contributed by atoms with Gasteiger partial charge in [-0.3, -0.25) is 4.79 Å². The monoisotopic (exact) mass is 479 g/mol. The fourth-order valence-electron chi connectivity index (χ4n) is 3.19. The fraction of sp³-hybridized carbons (Fsp3) is 0.529. The highest BCUT2D eigenvalue weighted by molar-refractivity contribution is 7.99. The minimum atomic E-state index is -5.19. The van der Waals surface area contributed by atoms with Gasteiger partial charge in [-0.05, 0) is 18.2 Å². The first kappa shape index (κ1) is 24.0. The highest BCUT2D eigenvalue weighted by Gasteiger charge is 2.44. The predicted octanol–water partition coefficient (Wildman–Crippen LogP) is -0.112. The minimum absolute atomic E-state index is 0.0542. The number of fused-ring (bicyclic) bond motifs is 1. The normalized spacial score (nSPS) is 24.5. The first-order valence-electron chi connectivity index (χ1n) is 9.27. The fourth-order valence-corrected chi connectivity index (χ4v) is 4.27. The van der Waals surface area contributed by atoms with Crippen molar-refractivity contribution in [3.05, 3.63) is 18.6 Å². The van der Waals surface area contributed by atoms with E-state index < -0.39 is 48.6 Å². The third kappa shape index (κ3) is 5.06. The number of hydrogen-bond acceptors (Lipinski definition) is 9. The van der Waals surface area contributed by atoms with Gasteiger partial charge in [-0.2, -0.15) is 24.9 Å². The smallest absolute Gasteiger partial charge is 0.471 e. The zero-order chi connectivity index (χ0) is 23.6. The second-order valence-electron chi connectivity index (χ2n) is 6.99. The summed E-state index contributed by atoms with van der Waals surface area (Å²) in [5.41, 5.74) is 6.18. The Morgan fingerprint density at radius 1 is 1.31 bits per heavy atom. The van der Waals surface area contributed by atoms with Crippen LogP contribution in [0.3, 0.4) is 0 Å². The van der Waals surface area contributed by atoms with Crippen LogP contribution in [-0.2, 0) is 14.3 Å². The van der Waals surface area contributed by atoms with E-state index in [0.717, 1.165) is 11.8 Å². The molecule has 3 rings (SSSR count). The molecule has 176 valence electrons. The standard InChI is InChI=1S/C17H20F3N5O6S/c18-17(19,20)16(30)24-8(15(28)29)2-4-32-5-9-10(26)11(27)14(31-9)25-3-1-7-12(21)22-6-23-13(7)25/h1,3,6,8-11,14,26-27H,2,4-5H2,(H,24,30)(H,28,29)(H2,21,22,23)/t8-,9+,10+,11+,14+/m0/s1. The summed E-state index contributed by atoms with van der Waals surface area (Å²) in [7, 11) is 0. The van der Waals surface area contributed by atoms with Crippen molar-refractivity contribution < 1.29 is 42.8 Å². The number of amides is 1. The molecular formula is C17H20F3N5O6S. The number of rotatable bonds is 8. The molecule has 1 amide bonds. The van der Waals surface area contributed by atoms with Crippen molar-refractivity contribution >= 4 is 40.5 Å². The molecule has 0 spiro atoms. The number of aliphatic hydroxyl groups excluding tert-OH is 2. The number of nitrogens with two attached hydrogens (primary N) is 1. The van der Waals surface area contributed by atoms with Gasteiger partial charge in [0, 0.05) is 11.9 Å². The summed E-state index contributed by atoms with van der Waals surface area (Å²) in [4.78, 5) is 30.0. The van der Waals surface area contributed by atoms with Crippen LogP contribution in [0.2, 0.25) is 0 Å². The lowest BCUT2D eigenvalue weighted by molar-refractivity contribution is -0.175. The minimum Gasteiger partial charge on any atom is -0.480 e. The second kappa shape index (κ2) is 9.48. The van der Waals surface area contributed by atoms with Crippen LogP contribution >= 0.6 is 11.8 Å². The first-order chi connectivity index (χ1) is 15.0. The van der Waals surface area contributed by atoms with Crippen LogP contribution in [0.15, 0.2) is 18.6 Å². The Hall–Kier alpha value is -2.62. The summed E-state index contributed by atoms with van der Waals surface area (Å²) in [5.74, 6) is -3.53. The van der Waals surface area contributed by atoms with E-state index in [9.17, 15) is 33.0 Å². The number of anilines is 1. The van der Waals surface area contributed by atoms with Crippen LogP contribution in [0.4, 0.5) is 19.0 Å². The average Bonchev–Trinajstić information content (AvgIpc) is 3.26. The summed E-state index contributed by atoms with van der Waals surface area (Å²) in [6.45, 7) is 0. The number of aliphatic carboxylic acids is 1. The predicted molar refractivity (Wildman–Crippen MR) is 105 cm³/mol. The molecule has 0 bridgehead atoms. The number of alkyl halides is 3.